The molecule has 3 atom stereocenters. The highest BCUT2D eigenvalue weighted by Crippen LogP contribution is 2.41. The Hall–Kier alpha value is -2.35. The number of nitrogens with one attached hydrogen (secondary N) is 2. The van der Waals surface area contributed by atoms with Crippen LogP contribution in [0.1, 0.15) is 76.7 Å². The van der Waals surface area contributed by atoms with E-state index in [0.29, 0.717) is 12.0 Å². The number of nitrogens with zero attached hydrogens (tertiary/aromatic N) is 2. The number of alkyl halides is 3. The van der Waals surface area contributed by atoms with Gasteiger partial charge in [0.15, 0.2) is 0 Å². The Morgan fingerprint density at radius 1 is 1.06 bits per heavy atom. The summed E-state index contributed by atoms with van der Waals surface area (Å²) in [5.74, 6) is -0.266. The molecular weight excluding hydrogens is 405 g/mol. The molecule has 3 rings (SSSR count). The molecule has 0 spiro atoms. The quantitative estimate of drug-likeness (QED) is 0.730. The minimum atomic E-state index is -4.39. The third-order valence-electron chi connectivity index (χ3n) is 5.36. The van der Waals surface area contributed by atoms with Gasteiger partial charge < -0.3 is 5.32 Å². The first-order chi connectivity index (χ1) is 14.1. The second-order valence-electron chi connectivity index (χ2n) is 10.3. The van der Waals surface area contributed by atoms with Gasteiger partial charge in [0.05, 0.1) is 22.8 Å². The lowest BCUT2D eigenvalue weighted by atomic mass is 9.90. The van der Waals surface area contributed by atoms with E-state index in [1.165, 1.54) is 12.1 Å². The lowest BCUT2D eigenvalue weighted by Gasteiger charge is -2.23. The lowest BCUT2D eigenvalue weighted by molar-refractivity contribution is -0.137. The summed E-state index contributed by atoms with van der Waals surface area (Å²) in [7, 11) is 0. The van der Waals surface area contributed by atoms with E-state index in [2.05, 4.69) is 10.6 Å². The van der Waals surface area contributed by atoms with Gasteiger partial charge in [0, 0.05) is 23.7 Å². The Balaban J connectivity index is 1.93. The first-order valence-corrected chi connectivity index (χ1v) is 10.5. The van der Waals surface area contributed by atoms with Crippen LogP contribution in [0, 0.1) is 0 Å². The summed E-state index contributed by atoms with van der Waals surface area (Å²) in [5.41, 5.74) is 0.253. The Kier molecular flexibility index (Phi) is 5.99. The van der Waals surface area contributed by atoms with Crippen LogP contribution in [-0.2, 0) is 16.5 Å². The molecule has 1 aliphatic rings. The predicted octanol–water partition coefficient (Wildman–Crippen LogP) is 4.76. The summed E-state index contributed by atoms with van der Waals surface area (Å²) in [6.07, 6.45) is -1.97. The first-order valence-electron chi connectivity index (χ1n) is 10.5. The van der Waals surface area contributed by atoms with E-state index < -0.39 is 17.8 Å². The number of aromatic nitrogens is 2. The molecule has 1 aliphatic heterocycles. The summed E-state index contributed by atoms with van der Waals surface area (Å²) < 4.78 is 40.9. The molecule has 1 aromatic carbocycles. The summed E-state index contributed by atoms with van der Waals surface area (Å²) >= 11 is 0. The van der Waals surface area contributed by atoms with Crippen molar-refractivity contribution in [3.8, 4) is 0 Å². The summed E-state index contributed by atoms with van der Waals surface area (Å²) in [6.45, 7) is 11.9. The topological polar surface area (TPSA) is 59.0 Å². The van der Waals surface area contributed by atoms with Gasteiger partial charge in [0.2, 0.25) is 5.91 Å². The van der Waals surface area contributed by atoms with Crippen molar-refractivity contribution in [3.05, 3.63) is 53.3 Å². The molecule has 0 bridgehead atoms. The molecule has 1 aromatic heterocycles. The average Bonchev–Trinajstić information content (AvgIpc) is 3.26. The van der Waals surface area contributed by atoms with Crippen LogP contribution in [0.15, 0.2) is 36.5 Å². The molecule has 2 aromatic rings. The third-order valence-corrected chi connectivity index (χ3v) is 5.36. The zero-order valence-electron chi connectivity index (χ0n) is 18.8. The maximum atomic E-state index is 13.0. The van der Waals surface area contributed by atoms with Crippen molar-refractivity contribution in [2.45, 2.75) is 83.2 Å². The maximum absolute atomic E-state index is 13.0. The van der Waals surface area contributed by atoms with Gasteiger partial charge in [-0.3, -0.25) is 14.8 Å². The number of rotatable bonds is 3. The molecule has 0 unspecified atom stereocenters. The van der Waals surface area contributed by atoms with E-state index in [1.807, 2.05) is 58.5 Å². The zero-order chi connectivity index (χ0) is 23.2. The van der Waals surface area contributed by atoms with Crippen LogP contribution < -0.4 is 10.6 Å². The van der Waals surface area contributed by atoms with E-state index in [0.717, 1.165) is 17.8 Å². The standard InChI is InChI=1S/C23H31F3N4O/c1-21(2,3)28-20(31)18-13-16(17-11-12-30(29-17)22(4,5)6)19(27-18)14-7-9-15(10-8-14)23(24,25)26/h7-12,16,18-19,27H,13H2,1-6H3,(H,28,31)/t16-,18-,19-/m0/s1. The molecule has 1 fully saturated rings. The summed E-state index contributed by atoms with van der Waals surface area (Å²) in [5, 5.41) is 11.1. The van der Waals surface area contributed by atoms with E-state index >= 15 is 0 Å². The highest BCUT2D eigenvalue weighted by molar-refractivity contribution is 5.83. The Bertz CT molecular complexity index is 920. The van der Waals surface area contributed by atoms with Crippen molar-refractivity contribution < 1.29 is 18.0 Å². The highest BCUT2D eigenvalue weighted by Gasteiger charge is 2.41. The smallest absolute Gasteiger partial charge is 0.350 e. The van der Waals surface area contributed by atoms with Gasteiger partial charge in [-0.25, -0.2) is 0 Å². The molecule has 0 radical (unpaired) electrons. The fraction of sp³-hybridized carbons (Fsp3) is 0.565. The molecule has 2 N–H and O–H groups in total. The van der Waals surface area contributed by atoms with E-state index in [-0.39, 0.29) is 28.9 Å². The van der Waals surface area contributed by atoms with Crippen LogP contribution in [0.4, 0.5) is 13.2 Å². The van der Waals surface area contributed by atoms with Crippen LogP contribution in [0.2, 0.25) is 0 Å². The molecule has 2 heterocycles. The van der Waals surface area contributed by atoms with Crippen molar-refractivity contribution in [1.29, 1.82) is 0 Å². The second-order valence-corrected chi connectivity index (χ2v) is 10.3. The van der Waals surface area contributed by atoms with Crippen molar-refractivity contribution in [1.82, 2.24) is 20.4 Å². The molecule has 8 heteroatoms. The summed E-state index contributed by atoms with van der Waals surface area (Å²) in [6, 6.07) is 6.29. The summed E-state index contributed by atoms with van der Waals surface area (Å²) in [4.78, 5) is 12.8. The molecule has 170 valence electrons. The fourth-order valence-electron chi connectivity index (χ4n) is 3.84. The Labute approximate surface area is 181 Å². The van der Waals surface area contributed by atoms with Crippen LogP contribution in [0.3, 0.4) is 0 Å². The minimum Gasteiger partial charge on any atom is -0.350 e. The van der Waals surface area contributed by atoms with Gasteiger partial charge in [-0.1, -0.05) is 12.1 Å². The number of hydrogen-bond acceptors (Lipinski definition) is 3. The number of carbonyl (C=O) groups is 1. The van der Waals surface area contributed by atoms with E-state index in [1.54, 1.807) is 0 Å². The number of hydrogen-bond donors (Lipinski definition) is 2. The van der Waals surface area contributed by atoms with Crippen molar-refractivity contribution in [3.63, 3.8) is 0 Å². The molecule has 1 amide bonds. The van der Waals surface area contributed by atoms with Crippen LogP contribution in [0.5, 0.6) is 0 Å². The van der Waals surface area contributed by atoms with Gasteiger partial charge in [0.25, 0.3) is 0 Å². The van der Waals surface area contributed by atoms with Crippen molar-refractivity contribution in [2.24, 2.45) is 0 Å². The molecular formula is C23H31F3N4O. The van der Waals surface area contributed by atoms with Gasteiger partial charge in [-0.05, 0) is 71.7 Å². The first kappa shape index (κ1) is 23.3. The van der Waals surface area contributed by atoms with Crippen LogP contribution in [0.25, 0.3) is 0 Å². The molecule has 31 heavy (non-hydrogen) atoms. The monoisotopic (exact) mass is 436 g/mol. The second kappa shape index (κ2) is 7.97. The Morgan fingerprint density at radius 3 is 2.16 bits per heavy atom. The van der Waals surface area contributed by atoms with E-state index in [9.17, 15) is 18.0 Å². The van der Waals surface area contributed by atoms with Gasteiger partial charge in [-0.15, -0.1) is 0 Å². The number of benzene rings is 1. The highest BCUT2D eigenvalue weighted by atomic mass is 19.4. The third kappa shape index (κ3) is 5.47. The van der Waals surface area contributed by atoms with Crippen molar-refractivity contribution >= 4 is 5.91 Å². The number of carbonyl (C=O) groups excluding carboxylic acids is 1. The zero-order valence-corrected chi connectivity index (χ0v) is 18.8. The molecule has 5 nitrogen and oxygen atoms in total. The minimum absolute atomic E-state index is 0.123. The lowest BCUT2D eigenvalue weighted by Crippen LogP contribution is -2.48. The normalized spacial score (nSPS) is 22.5. The average molecular weight is 437 g/mol. The maximum Gasteiger partial charge on any atom is 0.416 e. The van der Waals surface area contributed by atoms with Crippen LogP contribution in [-0.4, -0.2) is 27.3 Å². The van der Waals surface area contributed by atoms with Gasteiger partial charge in [-0.2, -0.15) is 18.3 Å². The van der Waals surface area contributed by atoms with Gasteiger partial charge in [0.1, 0.15) is 0 Å². The number of amides is 1. The molecule has 0 aliphatic carbocycles. The van der Waals surface area contributed by atoms with Crippen LogP contribution >= 0.6 is 0 Å². The van der Waals surface area contributed by atoms with E-state index in [4.69, 9.17) is 5.10 Å². The van der Waals surface area contributed by atoms with Crippen molar-refractivity contribution in [2.75, 3.05) is 0 Å². The van der Waals surface area contributed by atoms with Gasteiger partial charge >= 0.3 is 6.18 Å². The largest absolute Gasteiger partial charge is 0.416 e. The predicted molar refractivity (Wildman–Crippen MR) is 114 cm³/mol. The Morgan fingerprint density at radius 2 is 1.68 bits per heavy atom. The molecule has 1 saturated heterocycles. The SMILES string of the molecule is CC(C)(C)NC(=O)[C@@H]1C[C@@H](c2ccn(C(C)(C)C)n2)[C@H](c2ccc(C(F)(F)F)cc2)N1. The fourth-order valence-corrected chi connectivity index (χ4v) is 3.84. The number of halogens is 3. The molecule has 0 saturated carbocycles.